The van der Waals surface area contributed by atoms with Crippen molar-refractivity contribution in [3.8, 4) is 0 Å². The van der Waals surface area contributed by atoms with Crippen LogP contribution in [-0.2, 0) is 25.5 Å². The van der Waals surface area contributed by atoms with E-state index in [0.717, 1.165) is 37.7 Å². The zero-order valence-corrected chi connectivity index (χ0v) is 24.0. The van der Waals surface area contributed by atoms with Crippen molar-refractivity contribution in [2.24, 2.45) is 11.8 Å². The topological polar surface area (TPSA) is 108 Å². The van der Waals surface area contributed by atoms with Crippen LogP contribution in [0.3, 0.4) is 0 Å². The van der Waals surface area contributed by atoms with Crippen molar-refractivity contribution < 1.29 is 24.2 Å². The summed E-state index contributed by atoms with van der Waals surface area (Å²) in [7, 11) is 0. The molecule has 3 aliphatic heterocycles. The highest BCUT2D eigenvalue weighted by Crippen LogP contribution is 2.60. The first-order valence-electron chi connectivity index (χ1n) is 14.4. The normalized spacial score (nSPS) is 32.1. The fraction of sp³-hybridized carbons (Fsp3) is 0.516. The van der Waals surface area contributed by atoms with Crippen LogP contribution in [0.25, 0.3) is 0 Å². The van der Waals surface area contributed by atoms with E-state index in [1.165, 1.54) is 0 Å². The molecule has 3 unspecified atom stereocenters. The third-order valence-electron chi connectivity index (χ3n) is 9.19. The number of halogens is 1. The molecule has 3 heterocycles. The number of amides is 3. The van der Waals surface area contributed by atoms with Gasteiger partial charge in [-0.25, -0.2) is 0 Å². The van der Waals surface area contributed by atoms with Crippen molar-refractivity contribution in [1.29, 1.82) is 0 Å². The number of aliphatic hydroxyl groups excluding tert-OH is 1. The first-order chi connectivity index (χ1) is 19.4. The standard InChI is InChI=1S/C31H36BrN3O5/c32-23-17-31-25(24(26(23)40-31)28(37)33-20-12-6-2-7-13-20)30(39)35(22(18-36)16-19-10-4-1-5-11-19)27(31)29(38)34-21-14-8-3-9-15-21/h1-2,4-7,10-13,21-27,36H,3,8-9,14-18H2,(H,33,37)(H,34,38)/t22-,23?,24-,25+,26-,27?,31?/m1/s1. The van der Waals surface area contributed by atoms with Crippen LogP contribution in [0, 0.1) is 11.8 Å². The lowest BCUT2D eigenvalue weighted by atomic mass is 9.70. The minimum atomic E-state index is -1.16. The number of rotatable bonds is 8. The van der Waals surface area contributed by atoms with Crippen molar-refractivity contribution in [1.82, 2.24) is 10.2 Å². The average Bonchev–Trinajstić information content (AvgIpc) is 3.56. The van der Waals surface area contributed by atoms with E-state index in [0.29, 0.717) is 18.5 Å². The second kappa shape index (κ2) is 11.3. The number of para-hydroxylation sites is 1. The van der Waals surface area contributed by atoms with Crippen molar-refractivity contribution in [2.75, 3.05) is 11.9 Å². The number of hydrogen-bond donors (Lipinski definition) is 3. The molecule has 3 saturated heterocycles. The Morgan fingerprint density at radius 1 is 1.02 bits per heavy atom. The maximum absolute atomic E-state index is 14.4. The number of benzene rings is 2. The SMILES string of the molecule is O=C(NC1CCCCC1)C1N([C@@H](CO)Cc2ccccc2)C(=O)[C@@H]2[C@@H](C(=O)Nc3ccccc3)[C@@H]3OC12CC3Br. The Bertz CT molecular complexity index is 1240. The van der Waals surface area contributed by atoms with Gasteiger partial charge in [-0.1, -0.05) is 83.7 Å². The second-order valence-electron chi connectivity index (χ2n) is 11.6. The number of nitrogens with one attached hydrogen (secondary N) is 2. The van der Waals surface area contributed by atoms with Gasteiger partial charge in [0.2, 0.25) is 17.7 Å². The van der Waals surface area contributed by atoms with Gasteiger partial charge in [-0.3, -0.25) is 14.4 Å². The molecular weight excluding hydrogens is 574 g/mol. The Labute approximate surface area is 243 Å². The molecule has 0 radical (unpaired) electrons. The molecule has 212 valence electrons. The number of likely N-dealkylation sites (tertiary alicyclic amines) is 1. The predicted octanol–water partition coefficient (Wildman–Crippen LogP) is 3.43. The summed E-state index contributed by atoms with van der Waals surface area (Å²) in [6.07, 6.45) is 5.38. The predicted molar refractivity (Wildman–Crippen MR) is 154 cm³/mol. The van der Waals surface area contributed by atoms with Crippen molar-refractivity contribution in [3.63, 3.8) is 0 Å². The number of anilines is 1. The summed E-state index contributed by atoms with van der Waals surface area (Å²) in [6.45, 7) is -0.307. The van der Waals surface area contributed by atoms with Gasteiger partial charge in [0.15, 0.2) is 0 Å². The van der Waals surface area contributed by atoms with Crippen LogP contribution in [0.1, 0.15) is 44.1 Å². The maximum atomic E-state index is 14.4. The van der Waals surface area contributed by atoms with Gasteiger partial charge in [-0.2, -0.15) is 0 Å². The van der Waals surface area contributed by atoms with E-state index in [1.54, 1.807) is 17.0 Å². The fourth-order valence-corrected chi connectivity index (χ4v) is 8.41. The van der Waals surface area contributed by atoms with Crippen LogP contribution in [0.2, 0.25) is 0 Å². The van der Waals surface area contributed by atoms with Crippen LogP contribution in [-0.4, -0.2) is 69.0 Å². The maximum Gasteiger partial charge on any atom is 0.246 e. The summed E-state index contributed by atoms with van der Waals surface area (Å²) in [6, 6.07) is 17.3. The average molecular weight is 611 g/mol. The van der Waals surface area contributed by atoms with Crippen LogP contribution < -0.4 is 10.6 Å². The molecule has 2 aromatic carbocycles. The molecule has 3 N–H and O–H groups in total. The summed E-state index contributed by atoms with van der Waals surface area (Å²) in [5, 5.41) is 16.8. The van der Waals surface area contributed by atoms with Gasteiger partial charge in [-0.05, 0) is 43.4 Å². The lowest BCUT2D eigenvalue weighted by molar-refractivity contribution is -0.145. The van der Waals surface area contributed by atoms with Crippen molar-refractivity contribution >= 4 is 39.3 Å². The molecule has 2 aromatic rings. The van der Waals surface area contributed by atoms with Gasteiger partial charge < -0.3 is 25.4 Å². The van der Waals surface area contributed by atoms with Crippen LogP contribution in [0.4, 0.5) is 5.69 Å². The summed E-state index contributed by atoms with van der Waals surface area (Å²) < 4.78 is 6.62. The third-order valence-corrected chi connectivity index (χ3v) is 10.0. The molecule has 4 fully saturated rings. The third kappa shape index (κ3) is 4.76. The first-order valence-corrected chi connectivity index (χ1v) is 15.3. The van der Waals surface area contributed by atoms with E-state index in [2.05, 4.69) is 26.6 Å². The van der Waals surface area contributed by atoms with Gasteiger partial charge >= 0.3 is 0 Å². The Morgan fingerprint density at radius 3 is 2.38 bits per heavy atom. The molecule has 9 heteroatoms. The Hall–Kier alpha value is -2.75. The highest BCUT2D eigenvalue weighted by atomic mass is 79.9. The van der Waals surface area contributed by atoms with Gasteiger partial charge in [0.25, 0.3) is 0 Å². The number of fused-ring (bicyclic) bond motifs is 1. The number of nitrogens with zero attached hydrogens (tertiary/aromatic N) is 1. The number of hydrogen-bond acceptors (Lipinski definition) is 5. The molecule has 1 spiro atoms. The summed E-state index contributed by atoms with van der Waals surface area (Å²) >= 11 is 3.73. The molecule has 2 bridgehead atoms. The Morgan fingerprint density at radius 2 is 1.70 bits per heavy atom. The number of aliphatic hydroxyl groups is 1. The molecular formula is C31H36BrN3O5. The first kappa shape index (κ1) is 27.4. The molecule has 7 atom stereocenters. The summed E-state index contributed by atoms with van der Waals surface area (Å²) in [4.78, 5) is 43.7. The molecule has 8 nitrogen and oxygen atoms in total. The minimum Gasteiger partial charge on any atom is -0.394 e. The minimum absolute atomic E-state index is 0.0471. The van der Waals surface area contributed by atoms with E-state index < -0.39 is 35.6 Å². The van der Waals surface area contributed by atoms with Crippen molar-refractivity contribution in [2.45, 2.75) is 79.6 Å². The van der Waals surface area contributed by atoms with Crippen LogP contribution >= 0.6 is 15.9 Å². The smallest absolute Gasteiger partial charge is 0.246 e. The quantitative estimate of drug-likeness (QED) is 0.398. The van der Waals surface area contributed by atoms with Gasteiger partial charge in [-0.15, -0.1) is 0 Å². The van der Waals surface area contributed by atoms with Gasteiger partial charge in [0.1, 0.15) is 11.6 Å². The number of alkyl halides is 1. The van der Waals surface area contributed by atoms with E-state index in [9.17, 15) is 19.5 Å². The van der Waals surface area contributed by atoms with E-state index in [1.807, 2.05) is 48.5 Å². The number of carbonyl (C=O) groups excluding carboxylic acids is 3. The van der Waals surface area contributed by atoms with E-state index >= 15 is 0 Å². The lowest BCUT2D eigenvalue weighted by Gasteiger charge is -2.38. The van der Waals surface area contributed by atoms with E-state index in [-0.39, 0.29) is 35.2 Å². The molecule has 4 aliphatic rings. The molecule has 6 rings (SSSR count). The van der Waals surface area contributed by atoms with Crippen LogP contribution in [0.5, 0.6) is 0 Å². The van der Waals surface area contributed by atoms with Gasteiger partial charge in [0, 0.05) is 16.6 Å². The van der Waals surface area contributed by atoms with Crippen molar-refractivity contribution in [3.05, 3.63) is 66.2 Å². The summed E-state index contributed by atoms with van der Waals surface area (Å²) in [5.74, 6) is -2.43. The summed E-state index contributed by atoms with van der Waals surface area (Å²) in [5.41, 5.74) is 0.441. The number of ether oxygens (including phenoxy) is 1. The molecule has 1 aliphatic carbocycles. The largest absolute Gasteiger partial charge is 0.394 e. The monoisotopic (exact) mass is 609 g/mol. The second-order valence-corrected chi connectivity index (χ2v) is 12.8. The highest BCUT2D eigenvalue weighted by Gasteiger charge is 2.77. The van der Waals surface area contributed by atoms with Gasteiger partial charge in [0.05, 0.1) is 30.6 Å². The molecule has 0 aromatic heterocycles. The zero-order chi connectivity index (χ0) is 27.9. The van der Waals surface area contributed by atoms with E-state index in [4.69, 9.17) is 4.74 Å². The zero-order valence-electron chi connectivity index (χ0n) is 22.4. The highest BCUT2D eigenvalue weighted by molar-refractivity contribution is 9.09. The fourth-order valence-electron chi connectivity index (χ4n) is 7.47. The molecule has 40 heavy (non-hydrogen) atoms. The van der Waals surface area contributed by atoms with Crippen LogP contribution in [0.15, 0.2) is 60.7 Å². The lowest BCUT2D eigenvalue weighted by Crippen LogP contribution is -2.59. The Balaban J connectivity index is 1.36. The Kier molecular flexibility index (Phi) is 7.72. The molecule has 3 amide bonds. The number of carbonyl (C=O) groups is 3. The molecule has 1 saturated carbocycles.